The van der Waals surface area contributed by atoms with Crippen molar-refractivity contribution in [2.24, 2.45) is 0 Å². The number of benzene rings is 1. The number of aromatic nitrogens is 3. The van der Waals surface area contributed by atoms with Crippen molar-refractivity contribution in [1.82, 2.24) is 15.2 Å². The molecule has 2 aromatic heterocycles. The van der Waals surface area contributed by atoms with Crippen LogP contribution in [0.4, 0.5) is 11.6 Å². The molecule has 0 fully saturated rings. The van der Waals surface area contributed by atoms with Crippen molar-refractivity contribution >= 4 is 29.4 Å². The molecule has 0 aliphatic carbocycles. The predicted octanol–water partition coefficient (Wildman–Crippen LogP) is 5.56. The van der Waals surface area contributed by atoms with E-state index in [9.17, 15) is 10.1 Å². The Morgan fingerprint density at radius 2 is 2.06 bits per heavy atom. The van der Waals surface area contributed by atoms with Gasteiger partial charge in [0.1, 0.15) is 10.7 Å². The maximum Gasteiger partial charge on any atom is 0.433 e. The summed E-state index contributed by atoms with van der Waals surface area (Å²) in [7, 11) is 0. The summed E-state index contributed by atoms with van der Waals surface area (Å²) < 4.78 is 11.3. The summed E-state index contributed by atoms with van der Waals surface area (Å²) >= 11 is 1.57. The molecule has 0 bridgehead atoms. The molecular formula is C22H23N5O4S. The van der Waals surface area contributed by atoms with Crippen molar-refractivity contribution in [1.29, 1.82) is 0 Å². The van der Waals surface area contributed by atoms with E-state index in [0.717, 1.165) is 23.4 Å². The number of ether oxygens (including phenoxy) is 1. The summed E-state index contributed by atoms with van der Waals surface area (Å²) in [4.78, 5) is 14.9. The van der Waals surface area contributed by atoms with Crippen molar-refractivity contribution in [3.05, 3.63) is 58.3 Å². The smallest absolute Gasteiger partial charge is 0.433 e. The molecule has 1 atom stereocenters. The number of hydrogen-bond donors (Lipinski definition) is 1. The van der Waals surface area contributed by atoms with Gasteiger partial charge in [0, 0.05) is 17.0 Å². The van der Waals surface area contributed by atoms with Crippen molar-refractivity contribution < 1.29 is 14.1 Å². The second-order valence-electron chi connectivity index (χ2n) is 7.18. The number of nitro groups is 1. The zero-order valence-electron chi connectivity index (χ0n) is 17.6. The Balaban J connectivity index is 1.55. The first-order valence-corrected chi connectivity index (χ1v) is 11.4. The van der Waals surface area contributed by atoms with Crippen LogP contribution in [0.15, 0.2) is 52.0 Å². The lowest BCUT2D eigenvalue weighted by Crippen LogP contribution is -2.23. The molecular weight excluding hydrogens is 430 g/mol. The number of unbranched alkanes of at least 4 members (excludes halogenated alkanes) is 3. The predicted molar refractivity (Wildman–Crippen MR) is 123 cm³/mol. The molecule has 1 aliphatic rings. The van der Waals surface area contributed by atoms with E-state index in [1.165, 1.54) is 31.4 Å². The second-order valence-corrected chi connectivity index (χ2v) is 8.24. The summed E-state index contributed by atoms with van der Waals surface area (Å²) in [6.45, 7) is 2.19. The van der Waals surface area contributed by atoms with Gasteiger partial charge in [-0.25, -0.2) is 0 Å². The average Bonchev–Trinajstić information content (AvgIpc) is 3.21. The van der Waals surface area contributed by atoms with Crippen LogP contribution in [0.5, 0.6) is 5.88 Å². The minimum absolute atomic E-state index is 0.312. The molecule has 0 amide bonds. The van der Waals surface area contributed by atoms with Crippen LogP contribution >= 0.6 is 11.8 Å². The number of fused-ring (bicyclic) bond motifs is 3. The van der Waals surface area contributed by atoms with E-state index >= 15 is 0 Å². The number of rotatable bonds is 9. The Morgan fingerprint density at radius 1 is 1.19 bits per heavy atom. The lowest BCUT2D eigenvalue weighted by Gasteiger charge is -2.15. The molecule has 0 radical (unpaired) electrons. The van der Waals surface area contributed by atoms with E-state index in [1.807, 2.05) is 24.3 Å². The van der Waals surface area contributed by atoms with Crippen LogP contribution in [0, 0.1) is 10.1 Å². The summed E-state index contributed by atoms with van der Waals surface area (Å²) in [5.41, 5.74) is 2.22. The first-order chi connectivity index (χ1) is 15.6. The van der Waals surface area contributed by atoms with Gasteiger partial charge in [0.15, 0.2) is 11.9 Å². The maximum absolute atomic E-state index is 10.8. The molecule has 10 heteroatoms. The minimum atomic E-state index is -0.583. The number of anilines is 1. The SMILES string of the molecule is CCCCCCSc1nnc2c(n1)O[C@@H](/C=C/c1ccc([N+](=O)[O-])o1)Nc1ccccc1-2. The van der Waals surface area contributed by atoms with E-state index < -0.39 is 11.2 Å². The lowest BCUT2D eigenvalue weighted by atomic mass is 10.1. The Labute approximate surface area is 189 Å². The number of thioether (sulfide) groups is 1. The van der Waals surface area contributed by atoms with Gasteiger partial charge in [-0.05, 0) is 30.7 Å². The summed E-state index contributed by atoms with van der Waals surface area (Å²) in [6.07, 6.45) is 7.47. The highest BCUT2D eigenvalue weighted by Gasteiger charge is 2.23. The molecule has 32 heavy (non-hydrogen) atoms. The Hall–Kier alpha value is -3.40. The van der Waals surface area contributed by atoms with Gasteiger partial charge < -0.3 is 14.5 Å². The molecule has 166 valence electrons. The van der Waals surface area contributed by atoms with E-state index in [4.69, 9.17) is 9.15 Å². The van der Waals surface area contributed by atoms with Crippen LogP contribution in [0.3, 0.4) is 0 Å². The molecule has 1 N–H and O–H groups in total. The molecule has 1 aromatic carbocycles. The van der Waals surface area contributed by atoms with Crippen LogP contribution in [0.25, 0.3) is 17.3 Å². The second kappa shape index (κ2) is 10.3. The van der Waals surface area contributed by atoms with Gasteiger partial charge in [-0.1, -0.05) is 56.1 Å². The quantitative estimate of drug-likeness (QED) is 0.192. The monoisotopic (exact) mass is 453 g/mol. The number of furan rings is 1. The Kier molecular flexibility index (Phi) is 7.00. The topological polar surface area (TPSA) is 116 Å². The molecule has 9 nitrogen and oxygen atoms in total. The molecule has 0 saturated carbocycles. The van der Waals surface area contributed by atoms with Gasteiger partial charge in [0.25, 0.3) is 0 Å². The molecule has 0 unspecified atom stereocenters. The van der Waals surface area contributed by atoms with Crippen molar-refractivity contribution in [2.75, 3.05) is 11.1 Å². The molecule has 1 aliphatic heterocycles. The number of para-hydroxylation sites is 1. The third-order valence-electron chi connectivity index (χ3n) is 4.81. The first-order valence-electron chi connectivity index (χ1n) is 10.5. The van der Waals surface area contributed by atoms with E-state index in [0.29, 0.717) is 22.5 Å². The Morgan fingerprint density at radius 3 is 2.88 bits per heavy atom. The maximum atomic E-state index is 10.8. The molecule has 3 heterocycles. The molecule has 4 rings (SSSR count). The fourth-order valence-corrected chi connectivity index (χ4v) is 4.00. The fourth-order valence-electron chi connectivity index (χ4n) is 3.22. The fraction of sp³-hybridized carbons (Fsp3) is 0.318. The van der Waals surface area contributed by atoms with Gasteiger partial charge in [0.2, 0.25) is 11.0 Å². The summed E-state index contributed by atoms with van der Waals surface area (Å²) in [5.74, 6) is 1.35. The van der Waals surface area contributed by atoms with Gasteiger partial charge in [0.05, 0.1) is 6.07 Å². The number of nitrogens with zero attached hydrogens (tertiary/aromatic N) is 4. The molecule has 0 saturated heterocycles. The van der Waals surface area contributed by atoms with E-state index in [2.05, 4.69) is 27.4 Å². The molecule has 0 spiro atoms. The largest absolute Gasteiger partial charge is 0.448 e. The van der Waals surface area contributed by atoms with Gasteiger partial charge >= 0.3 is 5.88 Å². The third kappa shape index (κ3) is 5.25. The van der Waals surface area contributed by atoms with Crippen LogP contribution < -0.4 is 10.1 Å². The van der Waals surface area contributed by atoms with Crippen LogP contribution in [-0.2, 0) is 0 Å². The highest BCUT2D eigenvalue weighted by Crippen LogP contribution is 2.36. The average molecular weight is 454 g/mol. The standard InChI is InChI=1S/C22H23N5O4S/c1-2-3-4-7-14-32-22-24-21-20(25-26-22)16-8-5-6-9-17(16)23-18(31-21)12-10-15-11-13-19(30-15)27(28)29/h5-6,8-13,18,23H,2-4,7,14H2,1H3/b12-10+/t18-/m0/s1. The van der Waals surface area contributed by atoms with E-state index in [-0.39, 0.29) is 5.88 Å². The highest BCUT2D eigenvalue weighted by atomic mass is 32.2. The normalized spacial score (nSPS) is 14.8. The lowest BCUT2D eigenvalue weighted by molar-refractivity contribution is -0.402. The number of hydrogen-bond acceptors (Lipinski definition) is 9. The van der Waals surface area contributed by atoms with E-state index in [1.54, 1.807) is 23.9 Å². The van der Waals surface area contributed by atoms with Crippen molar-refractivity contribution in [2.45, 2.75) is 44.0 Å². The van der Waals surface area contributed by atoms with Crippen LogP contribution in [0.1, 0.15) is 38.4 Å². The summed E-state index contributed by atoms with van der Waals surface area (Å²) in [5, 5.41) is 23.4. The zero-order valence-corrected chi connectivity index (χ0v) is 18.4. The number of nitrogens with one attached hydrogen (secondary N) is 1. The van der Waals surface area contributed by atoms with Gasteiger partial charge in [-0.3, -0.25) is 10.1 Å². The summed E-state index contributed by atoms with van der Waals surface area (Å²) in [6, 6.07) is 10.5. The minimum Gasteiger partial charge on any atom is -0.448 e. The Bertz CT molecular complexity index is 1120. The highest BCUT2D eigenvalue weighted by molar-refractivity contribution is 7.99. The van der Waals surface area contributed by atoms with Gasteiger partial charge in [-0.15, -0.1) is 10.2 Å². The molecule has 3 aromatic rings. The van der Waals surface area contributed by atoms with Crippen LogP contribution in [-0.4, -0.2) is 32.1 Å². The zero-order chi connectivity index (χ0) is 22.3. The van der Waals surface area contributed by atoms with Crippen molar-refractivity contribution in [3.63, 3.8) is 0 Å². The van der Waals surface area contributed by atoms with Crippen LogP contribution in [0.2, 0.25) is 0 Å². The first kappa shape index (κ1) is 21.8. The third-order valence-corrected chi connectivity index (χ3v) is 5.73. The van der Waals surface area contributed by atoms with Gasteiger partial charge in [-0.2, -0.15) is 4.98 Å². The van der Waals surface area contributed by atoms with Crippen molar-refractivity contribution in [3.8, 4) is 17.1 Å².